The first-order valence-corrected chi connectivity index (χ1v) is 18.6. The van der Waals surface area contributed by atoms with E-state index < -0.39 is 17.9 Å². The zero-order valence-electron chi connectivity index (χ0n) is 30.7. The van der Waals surface area contributed by atoms with Crippen molar-refractivity contribution in [3.8, 4) is 0 Å². The monoisotopic (exact) mass is 742 g/mol. The summed E-state index contributed by atoms with van der Waals surface area (Å²) < 4.78 is 20.8. The molecule has 0 aliphatic rings. The van der Waals surface area contributed by atoms with Gasteiger partial charge in [-0.2, -0.15) is 5.21 Å². The lowest BCUT2D eigenvalue weighted by Gasteiger charge is -2.14. The molecular weight excluding hydrogens is 680 g/mol. The Hall–Kier alpha value is -3.74. The van der Waals surface area contributed by atoms with Crippen LogP contribution in [0.15, 0.2) is 0 Å². The van der Waals surface area contributed by atoms with Gasteiger partial charge in [0.25, 0.3) is 0 Å². The number of H-pyrrole nitrogens is 1. The Kier molecular flexibility index (Phi) is 29.5. The summed E-state index contributed by atoms with van der Waals surface area (Å²) in [5, 5.41) is 31.3. The first-order chi connectivity index (χ1) is 25.3. The van der Waals surface area contributed by atoms with E-state index in [1.807, 2.05) is 0 Å². The maximum absolute atomic E-state index is 12.3. The Bertz CT molecular complexity index is 1080. The van der Waals surface area contributed by atoms with Crippen LogP contribution in [0, 0.1) is 0 Å². The van der Waals surface area contributed by atoms with E-state index in [1.165, 1.54) is 51.4 Å². The number of carboxylic acid groups (broad SMARTS) is 1. The summed E-state index contributed by atoms with van der Waals surface area (Å²) in [5.41, 5.74) is 4.94. The average Bonchev–Trinajstić information content (AvgIpc) is 3.64. The summed E-state index contributed by atoms with van der Waals surface area (Å²) in [7, 11) is 0. The molecule has 298 valence electrons. The number of hydrogen-bond acceptors (Lipinski definition) is 12. The van der Waals surface area contributed by atoms with E-state index in [2.05, 4.69) is 36.6 Å². The lowest BCUT2D eigenvalue weighted by molar-refractivity contribution is -0.142. The third-order valence-corrected chi connectivity index (χ3v) is 7.85. The van der Waals surface area contributed by atoms with Crippen LogP contribution in [0.25, 0.3) is 0 Å². The summed E-state index contributed by atoms with van der Waals surface area (Å²) in [6.07, 6.45) is 16.0. The average molecular weight is 743 g/mol. The molecule has 18 nitrogen and oxygen atoms in total. The summed E-state index contributed by atoms with van der Waals surface area (Å²) in [5.74, 6) is -1.90. The van der Waals surface area contributed by atoms with Crippen molar-refractivity contribution in [3.05, 3.63) is 5.82 Å². The van der Waals surface area contributed by atoms with Crippen LogP contribution in [0.1, 0.15) is 109 Å². The second-order valence-corrected chi connectivity index (χ2v) is 12.4. The molecule has 1 rings (SSSR count). The Labute approximate surface area is 306 Å². The number of aryl methyl sites for hydroxylation is 1. The van der Waals surface area contributed by atoms with Crippen molar-refractivity contribution in [1.82, 2.24) is 36.6 Å². The molecule has 0 aliphatic carbocycles. The molecule has 0 spiro atoms. The summed E-state index contributed by atoms with van der Waals surface area (Å²) >= 11 is 0. The van der Waals surface area contributed by atoms with Crippen molar-refractivity contribution in [2.75, 3.05) is 65.9 Å². The van der Waals surface area contributed by atoms with Gasteiger partial charge in [-0.05, 0) is 19.3 Å². The molecule has 0 bridgehead atoms. The van der Waals surface area contributed by atoms with Crippen LogP contribution in [0.5, 0.6) is 0 Å². The first-order valence-electron chi connectivity index (χ1n) is 18.6. The molecule has 0 saturated carbocycles. The molecular formula is C34H62N8O10. The van der Waals surface area contributed by atoms with Gasteiger partial charge in [-0.25, -0.2) is 4.79 Å². The van der Waals surface area contributed by atoms with E-state index in [9.17, 15) is 29.1 Å². The number of ether oxygens (including phenoxy) is 4. The van der Waals surface area contributed by atoms with E-state index in [1.54, 1.807) is 0 Å². The Morgan fingerprint density at radius 1 is 0.635 bits per heavy atom. The van der Waals surface area contributed by atoms with Gasteiger partial charge in [0.05, 0.1) is 39.6 Å². The number of primary amides is 1. The number of tetrazole rings is 1. The highest BCUT2D eigenvalue weighted by molar-refractivity contribution is 5.84. The molecule has 0 aliphatic heterocycles. The predicted octanol–water partition coefficient (Wildman–Crippen LogP) is 1.34. The van der Waals surface area contributed by atoms with Gasteiger partial charge in [0, 0.05) is 32.4 Å². The second-order valence-electron chi connectivity index (χ2n) is 12.4. The highest BCUT2D eigenvalue weighted by Crippen LogP contribution is 2.13. The minimum Gasteiger partial charge on any atom is -0.480 e. The number of hydrogen-bond donors (Lipinski definition) is 6. The fraction of sp³-hybridized carbons (Fsp3) is 0.824. The standard InChI is InChI=1S/C34H62N8O10/c35-29(43)26-51-24-22-50-21-19-37-33(46)27-52-25-23-49-20-18-36-31(44)17-16-28(34(47)48)38-32(45)15-13-11-9-7-5-3-1-2-4-6-8-10-12-14-30-39-41-42-40-30/h28H,1-27H2,(H2,35,43)(H,36,44)(H,37,46)(H,38,45)(H,47,48)(H,39,40,41,42). The number of carboxylic acids is 1. The Morgan fingerprint density at radius 2 is 1.15 bits per heavy atom. The number of nitrogens with two attached hydrogens (primary N) is 1. The van der Waals surface area contributed by atoms with Crippen molar-refractivity contribution in [3.63, 3.8) is 0 Å². The van der Waals surface area contributed by atoms with E-state index in [0.29, 0.717) is 13.0 Å². The van der Waals surface area contributed by atoms with Gasteiger partial charge in [0.15, 0.2) is 5.82 Å². The quantitative estimate of drug-likeness (QED) is 0.0527. The van der Waals surface area contributed by atoms with Gasteiger partial charge in [-0.1, -0.05) is 75.8 Å². The van der Waals surface area contributed by atoms with Crippen molar-refractivity contribution >= 4 is 29.6 Å². The Balaban J connectivity index is 1.90. The van der Waals surface area contributed by atoms with Crippen LogP contribution in [0.2, 0.25) is 0 Å². The molecule has 0 saturated heterocycles. The molecule has 18 heteroatoms. The summed E-state index contributed by atoms with van der Waals surface area (Å²) in [4.78, 5) is 58.3. The summed E-state index contributed by atoms with van der Waals surface area (Å²) in [6.45, 7) is 1.61. The van der Waals surface area contributed by atoms with E-state index in [4.69, 9.17) is 24.7 Å². The number of aromatic nitrogens is 4. The number of nitrogens with one attached hydrogen (secondary N) is 4. The van der Waals surface area contributed by atoms with Crippen LogP contribution in [-0.2, 0) is 49.3 Å². The highest BCUT2D eigenvalue weighted by atomic mass is 16.5. The molecule has 0 radical (unpaired) electrons. The molecule has 1 unspecified atom stereocenters. The fourth-order valence-electron chi connectivity index (χ4n) is 5.04. The molecule has 0 fully saturated rings. The smallest absolute Gasteiger partial charge is 0.326 e. The molecule has 1 aromatic rings. The summed E-state index contributed by atoms with van der Waals surface area (Å²) in [6, 6.07) is -1.12. The van der Waals surface area contributed by atoms with Gasteiger partial charge >= 0.3 is 5.97 Å². The molecule has 1 atom stereocenters. The zero-order chi connectivity index (χ0) is 37.9. The SMILES string of the molecule is NC(=O)COCCOCCNC(=O)COCCOCCNC(=O)CCC(NC(=O)CCCCCCCCCCCCCCCc1nn[nH]n1)C(=O)O. The van der Waals surface area contributed by atoms with Crippen LogP contribution < -0.4 is 21.7 Å². The van der Waals surface area contributed by atoms with Gasteiger partial charge in [-0.15, -0.1) is 10.2 Å². The highest BCUT2D eigenvalue weighted by Gasteiger charge is 2.20. The Morgan fingerprint density at radius 3 is 1.69 bits per heavy atom. The molecule has 52 heavy (non-hydrogen) atoms. The fourth-order valence-corrected chi connectivity index (χ4v) is 5.04. The maximum atomic E-state index is 12.3. The lowest BCUT2D eigenvalue weighted by Crippen LogP contribution is -2.41. The van der Waals surface area contributed by atoms with Gasteiger partial charge < -0.3 is 45.7 Å². The lowest BCUT2D eigenvalue weighted by atomic mass is 10.0. The number of aromatic amines is 1. The second kappa shape index (κ2) is 33.1. The normalized spacial score (nSPS) is 11.6. The minimum absolute atomic E-state index is 0.0112. The first kappa shape index (κ1) is 46.3. The molecule has 7 N–H and O–H groups in total. The van der Waals surface area contributed by atoms with Crippen LogP contribution >= 0.6 is 0 Å². The van der Waals surface area contributed by atoms with Crippen LogP contribution in [-0.4, -0.2) is 127 Å². The van der Waals surface area contributed by atoms with E-state index >= 15 is 0 Å². The number of unbranched alkanes of at least 4 members (excludes halogenated alkanes) is 12. The number of carbonyl (C=O) groups excluding carboxylic acids is 4. The largest absolute Gasteiger partial charge is 0.480 e. The zero-order valence-corrected chi connectivity index (χ0v) is 30.7. The van der Waals surface area contributed by atoms with Crippen molar-refractivity contribution in [2.45, 2.75) is 115 Å². The topological polar surface area (TPSA) is 259 Å². The number of aliphatic carboxylic acids is 1. The molecule has 4 amide bonds. The van der Waals surface area contributed by atoms with Gasteiger partial charge in [-0.3, -0.25) is 19.2 Å². The number of nitrogens with zero attached hydrogens (tertiary/aromatic N) is 3. The van der Waals surface area contributed by atoms with Gasteiger partial charge in [0.2, 0.25) is 23.6 Å². The van der Waals surface area contributed by atoms with Crippen molar-refractivity contribution in [2.24, 2.45) is 5.73 Å². The third kappa shape index (κ3) is 29.9. The van der Waals surface area contributed by atoms with Gasteiger partial charge in [0.1, 0.15) is 19.3 Å². The van der Waals surface area contributed by atoms with Crippen LogP contribution in [0.4, 0.5) is 0 Å². The number of amides is 4. The molecule has 1 heterocycles. The van der Waals surface area contributed by atoms with Crippen molar-refractivity contribution < 1.29 is 48.0 Å². The maximum Gasteiger partial charge on any atom is 0.326 e. The third-order valence-electron chi connectivity index (χ3n) is 7.85. The minimum atomic E-state index is -1.17. The van der Waals surface area contributed by atoms with Crippen LogP contribution in [0.3, 0.4) is 0 Å². The van der Waals surface area contributed by atoms with Crippen molar-refractivity contribution in [1.29, 1.82) is 0 Å². The van der Waals surface area contributed by atoms with E-state index in [0.717, 1.165) is 37.9 Å². The molecule has 0 aromatic carbocycles. The number of rotatable bonds is 37. The number of carbonyl (C=O) groups is 5. The molecule has 1 aromatic heterocycles. The van der Waals surface area contributed by atoms with E-state index in [-0.39, 0.29) is 96.4 Å². The predicted molar refractivity (Wildman–Crippen MR) is 190 cm³/mol.